The molecule has 0 bridgehead atoms. The van der Waals surface area contributed by atoms with Crippen molar-refractivity contribution < 1.29 is 19.5 Å². The molecule has 2 amide bonds. The van der Waals surface area contributed by atoms with Gasteiger partial charge >= 0.3 is 0 Å². The van der Waals surface area contributed by atoms with Gasteiger partial charge in [0.25, 0.3) is 12.4 Å². The van der Waals surface area contributed by atoms with Crippen molar-refractivity contribution in [3.8, 4) is 0 Å². The monoisotopic (exact) mass is 416 g/mol. The number of nitrogens with zero attached hydrogens (tertiary/aromatic N) is 3. The van der Waals surface area contributed by atoms with Crippen LogP contribution < -0.4 is 10.6 Å². The molecule has 30 heavy (non-hydrogen) atoms. The van der Waals surface area contributed by atoms with Crippen LogP contribution in [0.25, 0.3) is 0 Å². The van der Waals surface area contributed by atoms with Gasteiger partial charge in [0.15, 0.2) is 0 Å². The second-order valence-corrected chi connectivity index (χ2v) is 8.50. The van der Waals surface area contributed by atoms with E-state index < -0.39 is 5.41 Å². The molecule has 0 unspecified atom stereocenters. The predicted molar refractivity (Wildman–Crippen MR) is 114 cm³/mol. The predicted octanol–water partition coefficient (Wildman–Crippen LogP) is 1.40. The lowest BCUT2D eigenvalue weighted by Gasteiger charge is -2.52. The Hall–Kier alpha value is -2.61. The average Bonchev–Trinajstić information content (AvgIpc) is 3.28. The molecule has 8 nitrogen and oxygen atoms in total. The second kappa shape index (κ2) is 9.47. The summed E-state index contributed by atoms with van der Waals surface area (Å²) in [6.45, 7) is 4.19. The lowest BCUT2D eigenvalue weighted by molar-refractivity contribution is -0.138. The summed E-state index contributed by atoms with van der Waals surface area (Å²) < 4.78 is 0. The highest BCUT2D eigenvalue weighted by Gasteiger charge is 2.52. The molecule has 1 aromatic carbocycles. The van der Waals surface area contributed by atoms with Crippen molar-refractivity contribution in [2.75, 3.05) is 44.7 Å². The van der Waals surface area contributed by atoms with Crippen molar-refractivity contribution in [1.82, 2.24) is 9.80 Å². The molecular weight excluding hydrogens is 384 g/mol. The van der Waals surface area contributed by atoms with E-state index >= 15 is 0 Å². The van der Waals surface area contributed by atoms with E-state index in [9.17, 15) is 9.59 Å². The Morgan fingerprint density at radius 3 is 2.30 bits per heavy atom. The first-order valence-electron chi connectivity index (χ1n) is 10.6. The maximum atomic E-state index is 13.3. The fourth-order valence-electron chi connectivity index (χ4n) is 5.14. The molecule has 2 atom stereocenters. The van der Waals surface area contributed by atoms with Gasteiger partial charge < -0.3 is 25.5 Å². The Bertz CT molecular complexity index is 763. The zero-order valence-electron chi connectivity index (χ0n) is 17.6. The minimum Gasteiger partial charge on any atom is -0.483 e. The van der Waals surface area contributed by atoms with Crippen LogP contribution in [0.5, 0.6) is 0 Å². The normalized spacial score (nSPS) is 26.4. The summed E-state index contributed by atoms with van der Waals surface area (Å²) in [5, 5.41) is 6.89. The smallest absolute Gasteiger partial charge is 0.290 e. The van der Waals surface area contributed by atoms with Crippen molar-refractivity contribution in [2.24, 2.45) is 11.1 Å². The van der Waals surface area contributed by atoms with Gasteiger partial charge in [0.2, 0.25) is 5.91 Å². The number of piperidine rings is 2. The Morgan fingerprint density at radius 2 is 1.70 bits per heavy atom. The topological polar surface area (TPSA) is 107 Å². The van der Waals surface area contributed by atoms with Crippen molar-refractivity contribution in [2.45, 2.75) is 38.1 Å². The minimum absolute atomic E-state index is 0.0218. The van der Waals surface area contributed by atoms with Crippen LogP contribution >= 0.6 is 0 Å². The summed E-state index contributed by atoms with van der Waals surface area (Å²) in [6.07, 6.45) is 4.83. The number of primary amides is 1. The third kappa shape index (κ3) is 4.28. The Labute approximate surface area is 177 Å². The summed E-state index contributed by atoms with van der Waals surface area (Å²) in [6, 6.07) is 7.84. The molecule has 3 N–H and O–H groups in total. The third-order valence-corrected chi connectivity index (χ3v) is 6.80. The van der Waals surface area contributed by atoms with Crippen molar-refractivity contribution in [3.63, 3.8) is 0 Å². The van der Waals surface area contributed by atoms with Gasteiger partial charge in [-0.1, -0.05) is 0 Å². The summed E-state index contributed by atoms with van der Waals surface area (Å²) in [5.41, 5.74) is 7.16. The van der Waals surface area contributed by atoms with Crippen LogP contribution in [-0.2, 0) is 9.59 Å². The first-order valence-corrected chi connectivity index (χ1v) is 10.6. The molecule has 3 fully saturated rings. The van der Waals surface area contributed by atoms with Crippen LogP contribution in [0, 0.1) is 5.41 Å². The first kappa shape index (κ1) is 22.1. The molecule has 0 radical (unpaired) electrons. The van der Waals surface area contributed by atoms with E-state index in [2.05, 4.69) is 21.9 Å². The maximum absolute atomic E-state index is 13.3. The number of amides is 2. The van der Waals surface area contributed by atoms with E-state index in [4.69, 9.17) is 15.6 Å². The number of hydrogen-bond donors (Lipinski definition) is 2. The van der Waals surface area contributed by atoms with E-state index in [0.717, 1.165) is 38.9 Å². The number of rotatable bonds is 3. The number of carbonyl (C=O) groups excluding carboxylic acids is 2. The molecule has 0 saturated carbocycles. The fraction of sp³-hybridized carbons (Fsp3) is 0.591. The van der Waals surface area contributed by atoms with Crippen LogP contribution in [0.1, 0.15) is 42.5 Å². The highest BCUT2D eigenvalue weighted by atomic mass is 16.3. The Morgan fingerprint density at radius 1 is 1.07 bits per heavy atom. The molecule has 3 aliphatic rings. The highest BCUT2D eigenvalue weighted by molar-refractivity contribution is 5.95. The van der Waals surface area contributed by atoms with Crippen LogP contribution in [0.2, 0.25) is 0 Å². The zero-order chi connectivity index (χ0) is 21.7. The molecule has 0 aromatic heterocycles. The number of carboxylic acid groups (broad SMARTS) is 1. The quantitative estimate of drug-likeness (QED) is 0.722. The molecule has 8 heteroatoms. The van der Waals surface area contributed by atoms with E-state index in [0.29, 0.717) is 18.7 Å². The zero-order valence-corrected chi connectivity index (χ0v) is 17.6. The number of hydrogen-bond acceptors (Lipinski definition) is 5. The summed E-state index contributed by atoms with van der Waals surface area (Å²) in [5.74, 6) is -0.226. The Balaban J connectivity index is 0.000000806. The standard InChI is InChI=1S/C21H30N4O2.CH2O2/c1-23-14-10-21(20(22)27)9-4-13-25(18(21)15-23)19(26)16-5-7-17(8-6-16)24-11-2-3-12-24;2-1-3/h5-8,18H,2-4,9-15H2,1H3,(H2,22,27);1H,(H,2,3)/t18-,21+;/m0./s1. The highest BCUT2D eigenvalue weighted by Crippen LogP contribution is 2.42. The van der Waals surface area contributed by atoms with Crippen LogP contribution in [-0.4, -0.2) is 79.0 Å². The number of benzene rings is 1. The van der Waals surface area contributed by atoms with E-state index in [1.807, 2.05) is 24.1 Å². The molecular formula is C22H32N4O4. The van der Waals surface area contributed by atoms with Crippen LogP contribution in [0.4, 0.5) is 5.69 Å². The lowest BCUT2D eigenvalue weighted by Crippen LogP contribution is -2.65. The van der Waals surface area contributed by atoms with Crippen molar-refractivity contribution >= 4 is 24.0 Å². The first-order chi connectivity index (χ1) is 14.4. The molecule has 3 saturated heterocycles. The number of likely N-dealkylation sites (tertiary alicyclic amines) is 2. The summed E-state index contributed by atoms with van der Waals surface area (Å²) >= 11 is 0. The minimum atomic E-state index is -0.574. The molecule has 0 aliphatic carbocycles. The van der Waals surface area contributed by atoms with Gasteiger partial charge in [-0.05, 0) is 70.0 Å². The van der Waals surface area contributed by atoms with Crippen LogP contribution in [0.3, 0.4) is 0 Å². The van der Waals surface area contributed by atoms with E-state index in [1.165, 1.54) is 18.5 Å². The molecule has 4 rings (SSSR count). The lowest BCUT2D eigenvalue weighted by atomic mass is 9.67. The van der Waals surface area contributed by atoms with Gasteiger partial charge in [-0.3, -0.25) is 14.4 Å². The number of fused-ring (bicyclic) bond motifs is 1. The summed E-state index contributed by atoms with van der Waals surface area (Å²) in [7, 11) is 2.05. The number of likely N-dealkylation sites (N-methyl/N-ethyl adjacent to an activating group) is 1. The van der Waals surface area contributed by atoms with E-state index in [-0.39, 0.29) is 24.3 Å². The number of carbonyl (C=O) groups is 3. The van der Waals surface area contributed by atoms with Gasteiger partial charge in [-0.25, -0.2) is 0 Å². The molecule has 3 aliphatic heterocycles. The fourth-order valence-corrected chi connectivity index (χ4v) is 5.14. The third-order valence-electron chi connectivity index (χ3n) is 6.80. The molecule has 0 spiro atoms. The van der Waals surface area contributed by atoms with Crippen LogP contribution in [0.15, 0.2) is 24.3 Å². The Kier molecular flexibility index (Phi) is 6.97. The average molecular weight is 417 g/mol. The maximum Gasteiger partial charge on any atom is 0.290 e. The van der Waals surface area contributed by atoms with Crippen molar-refractivity contribution in [1.29, 1.82) is 0 Å². The largest absolute Gasteiger partial charge is 0.483 e. The van der Waals surface area contributed by atoms with Gasteiger partial charge in [0.1, 0.15) is 0 Å². The molecule has 164 valence electrons. The van der Waals surface area contributed by atoms with Gasteiger partial charge in [-0.15, -0.1) is 0 Å². The van der Waals surface area contributed by atoms with Gasteiger partial charge in [0.05, 0.1) is 11.5 Å². The van der Waals surface area contributed by atoms with Gasteiger partial charge in [0, 0.05) is 37.4 Å². The summed E-state index contributed by atoms with van der Waals surface area (Å²) in [4.78, 5) is 40.5. The second-order valence-electron chi connectivity index (χ2n) is 8.50. The number of nitrogens with two attached hydrogens (primary N) is 1. The SMILES string of the molecule is CN1CC[C@]2(C(N)=O)CCCN(C(=O)c3ccc(N4CCCC4)cc3)[C@H]2C1.O=CO. The molecule has 1 aromatic rings. The van der Waals surface area contributed by atoms with E-state index in [1.54, 1.807) is 0 Å². The van der Waals surface area contributed by atoms with Crippen molar-refractivity contribution in [3.05, 3.63) is 29.8 Å². The van der Waals surface area contributed by atoms with Gasteiger partial charge in [-0.2, -0.15) is 0 Å². The number of anilines is 1. The molecule has 3 heterocycles.